The number of carbonyl (C=O) groups excluding carboxylic acids is 2. The fourth-order valence-electron chi connectivity index (χ4n) is 5.57. The van der Waals surface area contributed by atoms with E-state index in [1.807, 2.05) is 24.3 Å². The van der Waals surface area contributed by atoms with E-state index < -0.39 is 0 Å². The summed E-state index contributed by atoms with van der Waals surface area (Å²) in [5.41, 5.74) is 2.83. The Morgan fingerprint density at radius 2 is 1.58 bits per heavy atom. The van der Waals surface area contributed by atoms with Crippen LogP contribution in [0.2, 0.25) is 0 Å². The van der Waals surface area contributed by atoms with Crippen molar-refractivity contribution in [2.45, 2.75) is 70.5 Å². The van der Waals surface area contributed by atoms with Gasteiger partial charge < -0.3 is 25.8 Å². The van der Waals surface area contributed by atoms with Crippen LogP contribution in [0.3, 0.4) is 0 Å². The van der Waals surface area contributed by atoms with Gasteiger partial charge in [0.05, 0.1) is 5.56 Å². The fourth-order valence-corrected chi connectivity index (χ4v) is 6.84. The zero-order chi connectivity index (χ0) is 25.9. The lowest BCUT2D eigenvalue weighted by Crippen LogP contribution is -2.55. The van der Waals surface area contributed by atoms with Crippen LogP contribution in [0.1, 0.15) is 78.6 Å². The summed E-state index contributed by atoms with van der Waals surface area (Å²) < 4.78 is 0. The molecule has 3 heterocycles. The van der Waals surface area contributed by atoms with Gasteiger partial charge in [0.1, 0.15) is 5.00 Å². The van der Waals surface area contributed by atoms with Crippen molar-refractivity contribution in [2.75, 3.05) is 43.4 Å². The number of hydrogen-bond donors (Lipinski definition) is 3. The highest BCUT2D eigenvalue weighted by atomic mass is 32.1. The molecule has 2 fully saturated rings. The number of nitrogens with zero attached hydrogens (tertiary/aromatic N) is 2. The van der Waals surface area contributed by atoms with E-state index in [0.717, 1.165) is 61.6 Å². The lowest BCUT2D eigenvalue weighted by molar-refractivity contribution is 0.0934. The molecule has 1 aromatic carbocycles. The predicted molar refractivity (Wildman–Crippen MR) is 147 cm³/mol. The summed E-state index contributed by atoms with van der Waals surface area (Å²) in [7, 11) is 2.14. The smallest absolute Gasteiger partial charge is 0.256 e. The molecule has 1 saturated carbocycles. The van der Waals surface area contributed by atoms with E-state index >= 15 is 0 Å². The first-order chi connectivity index (χ1) is 16.9. The van der Waals surface area contributed by atoms with E-state index in [-0.39, 0.29) is 28.4 Å². The van der Waals surface area contributed by atoms with Crippen molar-refractivity contribution in [2.24, 2.45) is 0 Å². The summed E-state index contributed by atoms with van der Waals surface area (Å²) in [6.45, 7) is 14.8. The van der Waals surface area contributed by atoms with Crippen molar-refractivity contribution in [3.63, 3.8) is 0 Å². The number of thiophene rings is 1. The molecule has 2 aromatic rings. The molecule has 0 bridgehead atoms. The quantitative estimate of drug-likeness (QED) is 0.563. The average Bonchev–Trinajstić information content (AvgIpc) is 3.40. The number of nitrogens with one attached hydrogen (secondary N) is 3. The minimum atomic E-state index is -0.298. The molecular weight excluding hydrogens is 470 g/mol. The van der Waals surface area contributed by atoms with E-state index in [9.17, 15) is 9.59 Å². The second-order valence-corrected chi connectivity index (χ2v) is 13.3. The third-order valence-corrected chi connectivity index (χ3v) is 9.18. The Bertz CT molecular complexity index is 1170. The minimum absolute atomic E-state index is 0.0817. The van der Waals surface area contributed by atoms with Gasteiger partial charge in [0.15, 0.2) is 0 Å². The molecule has 1 aliphatic carbocycles. The van der Waals surface area contributed by atoms with E-state index in [1.165, 1.54) is 11.3 Å². The maximum absolute atomic E-state index is 13.6. The Balaban J connectivity index is 1.42. The van der Waals surface area contributed by atoms with Gasteiger partial charge in [-0.15, -0.1) is 11.3 Å². The summed E-state index contributed by atoms with van der Waals surface area (Å²) in [6.07, 6.45) is 2.72. The Labute approximate surface area is 218 Å². The van der Waals surface area contributed by atoms with Crippen LogP contribution in [0.5, 0.6) is 0 Å². The van der Waals surface area contributed by atoms with Crippen molar-refractivity contribution >= 4 is 33.8 Å². The van der Waals surface area contributed by atoms with Crippen LogP contribution in [0.4, 0.5) is 10.7 Å². The number of amides is 2. The van der Waals surface area contributed by atoms with E-state index in [0.29, 0.717) is 16.1 Å². The first-order valence-corrected chi connectivity index (χ1v) is 13.8. The zero-order valence-electron chi connectivity index (χ0n) is 22.4. The van der Waals surface area contributed by atoms with Crippen LogP contribution in [0, 0.1) is 0 Å². The number of hydrogen-bond acceptors (Lipinski definition) is 6. The second-order valence-electron chi connectivity index (χ2n) is 12.2. The van der Waals surface area contributed by atoms with Gasteiger partial charge in [0.25, 0.3) is 11.8 Å². The molecule has 7 nitrogen and oxygen atoms in total. The summed E-state index contributed by atoms with van der Waals surface area (Å²) in [6, 6.07) is 7.82. The minimum Gasteiger partial charge on any atom is -0.369 e. The van der Waals surface area contributed by atoms with Gasteiger partial charge in [0, 0.05) is 58.9 Å². The largest absolute Gasteiger partial charge is 0.369 e. The molecule has 3 aliphatic rings. The second kappa shape index (κ2) is 8.85. The normalized spacial score (nSPS) is 22.0. The summed E-state index contributed by atoms with van der Waals surface area (Å²) >= 11 is 1.53. The van der Waals surface area contributed by atoms with Gasteiger partial charge in [0.2, 0.25) is 0 Å². The number of likely N-dealkylation sites (N-methyl/N-ethyl adjacent to an activating group) is 1. The first kappa shape index (κ1) is 25.2. The van der Waals surface area contributed by atoms with Crippen molar-refractivity contribution in [3.8, 4) is 0 Å². The Morgan fingerprint density at radius 1 is 0.944 bits per heavy atom. The van der Waals surface area contributed by atoms with Crippen LogP contribution in [-0.2, 0) is 12.0 Å². The van der Waals surface area contributed by atoms with Crippen molar-refractivity contribution in [1.82, 2.24) is 15.5 Å². The number of benzene rings is 1. The van der Waals surface area contributed by atoms with Crippen molar-refractivity contribution in [1.29, 1.82) is 0 Å². The predicted octanol–water partition coefficient (Wildman–Crippen LogP) is 4.19. The lowest BCUT2D eigenvalue weighted by Gasteiger charge is -2.42. The first-order valence-electron chi connectivity index (χ1n) is 13.0. The highest BCUT2D eigenvalue weighted by molar-refractivity contribution is 7.17. The van der Waals surface area contributed by atoms with Gasteiger partial charge in [-0.25, -0.2) is 0 Å². The molecule has 194 valence electrons. The van der Waals surface area contributed by atoms with Crippen molar-refractivity contribution < 1.29 is 9.59 Å². The summed E-state index contributed by atoms with van der Waals surface area (Å²) in [5.74, 6) is -0.267. The van der Waals surface area contributed by atoms with E-state index in [4.69, 9.17) is 0 Å². The molecule has 2 aliphatic heterocycles. The van der Waals surface area contributed by atoms with Gasteiger partial charge in [-0.05, 0) is 90.8 Å². The molecule has 3 N–H and O–H groups in total. The Kier molecular flexibility index (Phi) is 6.21. The third-order valence-electron chi connectivity index (χ3n) is 7.71. The molecule has 5 rings (SSSR count). The topological polar surface area (TPSA) is 76.7 Å². The van der Waals surface area contributed by atoms with E-state index in [1.54, 1.807) is 0 Å². The van der Waals surface area contributed by atoms with E-state index in [2.05, 4.69) is 67.4 Å². The third kappa shape index (κ3) is 5.04. The summed E-state index contributed by atoms with van der Waals surface area (Å²) in [5, 5.41) is 10.7. The molecule has 36 heavy (non-hydrogen) atoms. The fraction of sp³-hybridized carbons (Fsp3) is 0.571. The molecule has 2 amide bonds. The highest BCUT2D eigenvalue weighted by Crippen LogP contribution is 2.46. The van der Waals surface area contributed by atoms with Gasteiger partial charge in [-0.1, -0.05) is 0 Å². The number of fused-ring (bicyclic) bond motifs is 1. The number of carbonyl (C=O) groups is 2. The van der Waals surface area contributed by atoms with Crippen LogP contribution in [0.15, 0.2) is 24.3 Å². The monoisotopic (exact) mass is 509 g/mol. The van der Waals surface area contributed by atoms with Gasteiger partial charge >= 0.3 is 0 Å². The molecule has 1 saturated heterocycles. The van der Waals surface area contributed by atoms with Crippen LogP contribution in [0.25, 0.3) is 0 Å². The SMILES string of the molecule is CN1CCN(c2ccc(C(=O)Nc3sc4c(c3C(=O)NC3(C)CC3)CC(C)(C)NC4(C)C)cc2)CC1. The maximum atomic E-state index is 13.6. The number of piperazine rings is 1. The zero-order valence-corrected chi connectivity index (χ0v) is 23.2. The lowest BCUT2D eigenvalue weighted by atomic mass is 9.81. The molecule has 0 radical (unpaired) electrons. The molecule has 0 unspecified atom stereocenters. The van der Waals surface area contributed by atoms with Crippen LogP contribution in [-0.4, -0.2) is 61.0 Å². The molecule has 0 spiro atoms. The summed E-state index contributed by atoms with van der Waals surface area (Å²) in [4.78, 5) is 32.7. The highest BCUT2D eigenvalue weighted by Gasteiger charge is 2.44. The number of rotatable bonds is 5. The number of anilines is 2. The Hall–Kier alpha value is -2.42. The van der Waals surface area contributed by atoms with Crippen molar-refractivity contribution in [3.05, 3.63) is 45.8 Å². The molecule has 8 heteroatoms. The van der Waals surface area contributed by atoms with Crippen LogP contribution < -0.4 is 20.9 Å². The van der Waals surface area contributed by atoms with Gasteiger partial charge in [-0.3, -0.25) is 9.59 Å². The molecular formula is C28H39N5O2S. The Morgan fingerprint density at radius 3 is 2.19 bits per heavy atom. The molecule has 1 aromatic heterocycles. The maximum Gasteiger partial charge on any atom is 0.256 e. The standard InChI is InChI=1S/C28H39N5O2S/c1-26(2)17-20-21(24(35)30-28(5)11-12-28)25(36-22(20)27(3,4)31-26)29-23(34)18-7-9-19(10-8-18)33-15-13-32(6)14-16-33/h7-10,31H,11-17H2,1-6H3,(H,29,34)(H,30,35). The van der Waals surface area contributed by atoms with Gasteiger partial charge in [-0.2, -0.15) is 0 Å². The average molecular weight is 510 g/mol. The molecule has 0 atom stereocenters. The van der Waals surface area contributed by atoms with Crippen LogP contribution >= 0.6 is 11.3 Å².